The van der Waals surface area contributed by atoms with Gasteiger partial charge in [-0.25, -0.2) is 0 Å². The SMILES string of the molecule is CCCCC1CC2CCC1c1cc3c(cc12)C(CC)(CC[n+]1ccccc1-c1ccccc1C)C1(C)CCC2(C)CCC(C)(C)c4cc-3[n+]1cc42. The van der Waals surface area contributed by atoms with Crippen LogP contribution in [0.25, 0.3) is 22.5 Å². The van der Waals surface area contributed by atoms with Crippen molar-refractivity contribution >= 4 is 0 Å². The van der Waals surface area contributed by atoms with Gasteiger partial charge in [0, 0.05) is 49.1 Å². The van der Waals surface area contributed by atoms with E-state index in [0.29, 0.717) is 0 Å². The van der Waals surface area contributed by atoms with Gasteiger partial charge in [-0.1, -0.05) is 71.7 Å². The summed E-state index contributed by atoms with van der Waals surface area (Å²) in [5, 5.41) is 0. The molecule has 6 unspecified atom stereocenters. The van der Waals surface area contributed by atoms with Crippen LogP contribution in [-0.4, -0.2) is 0 Å². The molecule has 266 valence electrons. The minimum absolute atomic E-state index is 0.00659. The van der Waals surface area contributed by atoms with Crippen molar-refractivity contribution in [1.82, 2.24) is 0 Å². The minimum atomic E-state index is -0.00659. The zero-order valence-corrected chi connectivity index (χ0v) is 32.7. The molecule has 4 aromatic rings. The van der Waals surface area contributed by atoms with Crippen LogP contribution in [0.2, 0.25) is 0 Å². The van der Waals surface area contributed by atoms with E-state index in [9.17, 15) is 0 Å². The van der Waals surface area contributed by atoms with E-state index in [0.717, 1.165) is 37.1 Å². The van der Waals surface area contributed by atoms with Gasteiger partial charge in [-0.15, -0.1) is 0 Å². The van der Waals surface area contributed by atoms with Gasteiger partial charge in [-0.2, -0.15) is 9.13 Å². The summed E-state index contributed by atoms with van der Waals surface area (Å²) in [5.74, 6) is 2.34. The van der Waals surface area contributed by atoms with Gasteiger partial charge in [-0.05, 0) is 133 Å². The molecule has 0 spiro atoms. The first kappa shape index (κ1) is 33.6. The van der Waals surface area contributed by atoms with Crippen molar-refractivity contribution in [2.24, 2.45) is 5.92 Å². The third-order valence-electron chi connectivity index (χ3n) is 16.0. The lowest BCUT2D eigenvalue weighted by molar-refractivity contribution is -0.768. The third kappa shape index (κ3) is 4.79. The predicted molar refractivity (Wildman–Crippen MR) is 210 cm³/mol. The summed E-state index contributed by atoms with van der Waals surface area (Å²) in [5.41, 5.74) is 16.0. The van der Waals surface area contributed by atoms with Gasteiger partial charge >= 0.3 is 0 Å². The fourth-order valence-electron chi connectivity index (χ4n) is 12.6. The fourth-order valence-corrected chi connectivity index (χ4v) is 12.6. The maximum atomic E-state index is 2.88. The molecule has 2 aromatic carbocycles. The van der Waals surface area contributed by atoms with E-state index in [4.69, 9.17) is 0 Å². The van der Waals surface area contributed by atoms with Crippen LogP contribution in [0.3, 0.4) is 0 Å². The van der Waals surface area contributed by atoms with Crippen LogP contribution in [0.4, 0.5) is 0 Å². The molecule has 6 atom stereocenters. The highest BCUT2D eigenvalue weighted by Gasteiger charge is 2.63. The molecule has 4 aliphatic carbocycles. The average Bonchev–Trinajstić information content (AvgIpc) is 3.25. The monoisotopic (exact) mass is 678 g/mol. The molecule has 2 aliphatic heterocycles. The van der Waals surface area contributed by atoms with E-state index in [1.54, 1.807) is 33.4 Å². The molecule has 6 aliphatic rings. The molecule has 2 aromatic heterocycles. The zero-order chi connectivity index (χ0) is 35.3. The lowest BCUT2D eigenvalue weighted by Gasteiger charge is -2.50. The maximum Gasteiger partial charge on any atom is 0.213 e. The molecule has 0 N–H and O–H groups in total. The molecule has 0 saturated heterocycles. The standard InChI is InChI=1S/C49H62N2/c1-8-10-16-34-28-35-19-20-37(34)39-29-40-41(30-38(35)39)49(9-2,25-27-50-26-14-13-18-44(50)36-17-12-11-15-33(36)3)48(7)24-23-47(6)22-21-46(4,5)42-31-45(40)51(48)32-43(42)47/h11-15,17-18,26,29-32,34-35,37H,8-10,16,19-25,27-28H2,1-7H3/q+2. The summed E-state index contributed by atoms with van der Waals surface area (Å²) < 4.78 is 5.46. The van der Waals surface area contributed by atoms with Gasteiger partial charge < -0.3 is 0 Å². The van der Waals surface area contributed by atoms with E-state index in [-0.39, 0.29) is 21.8 Å². The summed E-state index contributed by atoms with van der Waals surface area (Å²) in [4.78, 5) is 0. The Morgan fingerprint density at radius 2 is 1.57 bits per heavy atom. The Morgan fingerprint density at radius 3 is 2.37 bits per heavy atom. The number of aromatic nitrogens is 2. The summed E-state index contributed by atoms with van der Waals surface area (Å²) in [6, 6.07) is 24.1. The van der Waals surface area contributed by atoms with Crippen LogP contribution in [-0.2, 0) is 28.3 Å². The van der Waals surface area contributed by atoms with Crippen molar-refractivity contribution in [2.75, 3.05) is 0 Å². The third-order valence-corrected chi connectivity index (χ3v) is 16.0. The zero-order valence-electron chi connectivity index (χ0n) is 32.7. The van der Waals surface area contributed by atoms with Gasteiger partial charge in [0.25, 0.3) is 0 Å². The van der Waals surface area contributed by atoms with Crippen LogP contribution in [0.5, 0.6) is 0 Å². The Labute approximate surface area is 308 Å². The number of hydrogen-bond donors (Lipinski definition) is 0. The van der Waals surface area contributed by atoms with E-state index in [2.05, 4.69) is 131 Å². The number of unbranched alkanes of at least 4 members (excludes halogenated alkanes) is 1. The molecule has 1 fully saturated rings. The lowest BCUT2D eigenvalue weighted by atomic mass is 9.54. The number of benzene rings is 2. The minimum Gasteiger partial charge on any atom is -0.198 e. The topological polar surface area (TPSA) is 7.76 Å². The molecule has 51 heavy (non-hydrogen) atoms. The van der Waals surface area contributed by atoms with E-state index >= 15 is 0 Å². The van der Waals surface area contributed by atoms with Gasteiger partial charge in [0.15, 0.2) is 17.9 Å². The summed E-state index contributed by atoms with van der Waals surface area (Å²) in [6.45, 7) is 18.5. The highest BCUT2D eigenvalue weighted by molar-refractivity contribution is 5.70. The average molecular weight is 679 g/mol. The fraction of sp³-hybridized carbons (Fsp3) is 0.551. The van der Waals surface area contributed by atoms with Crippen molar-refractivity contribution in [3.05, 3.63) is 106 Å². The van der Waals surface area contributed by atoms with Crippen LogP contribution < -0.4 is 9.13 Å². The van der Waals surface area contributed by atoms with Crippen molar-refractivity contribution < 1.29 is 9.13 Å². The first-order chi connectivity index (χ1) is 24.5. The highest BCUT2D eigenvalue weighted by Crippen LogP contribution is 2.61. The maximum absolute atomic E-state index is 2.88. The molecule has 4 bridgehead atoms. The van der Waals surface area contributed by atoms with Gasteiger partial charge in [0.1, 0.15) is 6.54 Å². The van der Waals surface area contributed by atoms with Crippen LogP contribution >= 0.6 is 0 Å². The van der Waals surface area contributed by atoms with Crippen LogP contribution in [0, 0.1) is 12.8 Å². The highest BCUT2D eigenvalue weighted by atomic mass is 15.1. The summed E-state index contributed by atoms with van der Waals surface area (Å²) >= 11 is 0. The smallest absolute Gasteiger partial charge is 0.198 e. The molecular weight excluding hydrogens is 617 g/mol. The molecule has 0 radical (unpaired) electrons. The second-order valence-electron chi connectivity index (χ2n) is 18.9. The number of pyridine rings is 2. The predicted octanol–water partition coefficient (Wildman–Crippen LogP) is 11.7. The Hall–Kier alpha value is -3.26. The number of hydrogen-bond acceptors (Lipinski definition) is 0. The quantitative estimate of drug-likeness (QED) is 0.164. The summed E-state index contributed by atoms with van der Waals surface area (Å²) in [6.07, 6.45) is 20.7. The summed E-state index contributed by atoms with van der Waals surface area (Å²) in [7, 11) is 0. The van der Waals surface area contributed by atoms with Crippen molar-refractivity contribution in [2.45, 2.75) is 166 Å². The molecule has 0 amide bonds. The van der Waals surface area contributed by atoms with Crippen molar-refractivity contribution in [1.29, 1.82) is 0 Å². The first-order valence-electron chi connectivity index (χ1n) is 20.9. The molecule has 4 heterocycles. The Bertz CT molecular complexity index is 2020. The van der Waals surface area contributed by atoms with E-state index in [1.807, 2.05) is 0 Å². The van der Waals surface area contributed by atoms with Crippen molar-refractivity contribution in [3.63, 3.8) is 0 Å². The largest absolute Gasteiger partial charge is 0.213 e. The second kappa shape index (κ2) is 11.9. The van der Waals surface area contributed by atoms with Crippen LogP contribution in [0.1, 0.15) is 164 Å². The Kier molecular flexibility index (Phi) is 7.82. The van der Waals surface area contributed by atoms with Gasteiger partial charge in [-0.3, -0.25) is 0 Å². The lowest BCUT2D eigenvalue weighted by Crippen LogP contribution is -2.69. The molecule has 2 nitrogen and oxygen atoms in total. The Balaban J connectivity index is 1.26. The van der Waals surface area contributed by atoms with Crippen LogP contribution in [0.15, 0.2) is 73.1 Å². The normalized spacial score (nSPS) is 30.8. The number of aryl methyl sites for hydroxylation is 2. The molecular formula is C49H62N2+2. The van der Waals surface area contributed by atoms with Gasteiger partial charge in [0.2, 0.25) is 11.4 Å². The first-order valence-corrected chi connectivity index (χ1v) is 20.9. The second-order valence-corrected chi connectivity index (χ2v) is 18.9. The number of rotatable bonds is 8. The number of fused-ring (bicyclic) bond motifs is 4. The molecule has 2 heteroatoms. The Morgan fingerprint density at radius 1 is 0.765 bits per heavy atom. The van der Waals surface area contributed by atoms with Gasteiger partial charge in [0.05, 0.1) is 11.0 Å². The molecule has 1 saturated carbocycles. The van der Waals surface area contributed by atoms with E-state index in [1.165, 1.54) is 86.7 Å². The van der Waals surface area contributed by atoms with Crippen molar-refractivity contribution in [3.8, 4) is 22.5 Å². The molecule has 10 rings (SSSR count). The number of nitrogens with zero attached hydrogens (tertiary/aromatic N) is 2. The van der Waals surface area contributed by atoms with E-state index < -0.39 is 0 Å².